The second-order valence-electron chi connectivity index (χ2n) is 7.43. The minimum Gasteiger partial charge on any atom is -0.339 e. The second kappa shape index (κ2) is 10.1. The van der Waals surface area contributed by atoms with E-state index in [9.17, 15) is 22.8 Å². The Morgan fingerprint density at radius 2 is 1.81 bits per heavy atom. The van der Waals surface area contributed by atoms with Crippen LogP contribution in [0.3, 0.4) is 0 Å². The number of piperidine rings is 1. The van der Waals surface area contributed by atoms with Gasteiger partial charge in [0.15, 0.2) is 0 Å². The number of halogens is 4. The summed E-state index contributed by atoms with van der Waals surface area (Å²) in [6.45, 7) is 4.61. The van der Waals surface area contributed by atoms with Crippen molar-refractivity contribution in [2.75, 3.05) is 19.6 Å². The molecule has 0 aromatic heterocycles. The number of likely N-dealkylation sites (tertiary alicyclic amines) is 1. The first-order chi connectivity index (χ1) is 14.8. The van der Waals surface area contributed by atoms with Gasteiger partial charge >= 0.3 is 0 Å². The summed E-state index contributed by atoms with van der Waals surface area (Å²) >= 11 is 3.31. The van der Waals surface area contributed by atoms with Gasteiger partial charge in [0.1, 0.15) is 17.5 Å². The van der Waals surface area contributed by atoms with E-state index in [1.165, 1.54) is 11.0 Å². The maximum absolute atomic E-state index is 14.2. The summed E-state index contributed by atoms with van der Waals surface area (Å²) in [4.78, 5) is 28.6. The molecule has 0 aliphatic carbocycles. The predicted molar refractivity (Wildman–Crippen MR) is 115 cm³/mol. The highest BCUT2D eigenvalue weighted by Gasteiger charge is 2.31. The minimum atomic E-state index is -0.906. The predicted octanol–water partition coefficient (Wildman–Crippen LogP) is 4.93. The molecule has 1 aliphatic heterocycles. The van der Waals surface area contributed by atoms with Crippen molar-refractivity contribution in [3.8, 4) is 0 Å². The van der Waals surface area contributed by atoms with Crippen LogP contribution in [-0.2, 0) is 11.3 Å². The molecule has 8 heteroatoms. The van der Waals surface area contributed by atoms with Gasteiger partial charge in [-0.15, -0.1) is 6.58 Å². The maximum atomic E-state index is 14.2. The van der Waals surface area contributed by atoms with E-state index < -0.39 is 23.4 Å². The SMILES string of the molecule is C=CCN(Cc1cc(Br)ccc1F)C(=O)C1CCN(C(=O)c2ccc(F)cc2F)CC1. The first-order valence-corrected chi connectivity index (χ1v) is 10.7. The van der Waals surface area contributed by atoms with E-state index in [1.54, 1.807) is 23.1 Å². The Hall–Kier alpha value is -2.61. The van der Waals surface area contributed by atoms with Crippen LogP contribution in [0.4, 0.5) is 13.2 Å². The molecule has 1 aliphatic rings. The number of nitrogens with zero attached hydrogens (tertiary/aromatic N) is 2. The molecule has 1 fully saturated rings. The average Bonchev–Trinajstić information content (AvgIpc) is 2.75. The Labute approximate surface area is 187 Å². The highest BCUT2D eigenvalue weighted by Crippen LogP contribution is 2.24. The van der Waals surface area contributed by atoms with Gasteiger partial charge in [-0.1, -0.05) is 22.0 Å². The van der Waals surface area contributed by atoms with Crippen LogP contribution in [0, 0.1) is 23.4 Å². The standard InChI is InChI=1S/C23H22BrF3N2O2/c1-2-9-29(14-16-12-17(24)3-6-20(16)26)22(30)15-7-10-28(11-8-15)23(31)19-5-4-18(25)13-21(19)27/h2-6,12-13,15H,1,7-11,14H2. The summed E-state index contributed by atoms with van der Waals surface area (Å²) in [5, 5.41) is 0. The van der Waals surface area contributed by atoms with E-state index in [1.807, 2.05) is 0 Å². The summed E-state index contributed by atoms with van der Waals surface area (Å²) in [5.74, 6) is -3.05. The van der Waals surface area contributed by atoms with Crippen LogP contribution in [-0.4, -0.2) is 41.2 Å². The van der Waals surface area contributed by atoms with Crippen LogP contribution in [0.2, 0.25) is 0 Å². The van der Waals surface area contributed by atoms with Gasteiger partial charge in [0.05, 0.1) is 5.56 Å². The Bertz CT molecular complexity index is 991. The van der Waals surface area contributed by atoms with E-state index in [2.05, 4.69) is 22.5 Å². The van der Waals surface area contributed by atoms with Gasteiger partial charge in [-0.05, 0) is 43.2 Å². The normalized spacial score (nSPS) is 14.4. The Morgan fingerprint density at radius 3 is 2.45 bits per heavy atom. The van der Waals surface area contributed by atoms with Crippen molar-refractivity contribution in [2.24, 2.45) is 5.92 Å². The van der Waals surface area contributed by atoms with E-state index in [-0.39, 0.29) is 43.6 Å². The summed E-state index contributed by atoms with van der Waals surface area (Å²) in [7, 11) is 0. The quantitative estimate of drug-likeness (QED) is 0.534. The van der Waals surface area contributed by atoms with Crippen molar-refractivity contribution in [3.05, 3.63) is 82.1 Å². The summed E-state index contributed by atoms with van der Waals surface area (Å²) in [6, 6.07) is 7.42. The van der Waals surface area contributed by atoms with E-state index >= 15 is 0 Å². The Morgan fingerprint density at radius 1 is 1.10 bits per heavy atom. The number of hydrogen-bond donors (Lipinski definition) is 0. The van der Waals surface area contributed by atoms with Gasteiger partial charge in [-0.2, -0.15) is 0 Å². The maximum Gasteiger partial charge on any atom is 0.256 e. The molecule has 0 saturated carbocycles. The average molecular weight is 495 g/mol. The highest BCUT2D eigenvalue weighted by atomic mass is 79.9. The third kappa shape index (κ3) is 5.55. The number of rotatable bonds is 6. The van der Waals surface area contributed by atoms with Gasteiger partial charge in [-0.3, -0.25) is 9.59 Å². The van der Waals surface area contributed by atoms with Crippen molar-refractivity contribution in [2.45, 2.75) is 19.4 Å². The van der Waals surface area contributed by atoms with E-state index in [0.29, 0.717) is 24.5 Å². The monoisotopic (exact) mass is 494 g/mol. The van der Waals surface area contributed by atoms with Crippen molar-refractivity contribution in [1.82, 2.24) is 9.80 Å². The first-order valence-electron chi connectivity index (χ1n) is 9.88. The molecular formula is C23H22BrF3N2O2. The lowest BCUT2D eigenvalue weighted by Gasteiger charge is -2.34. The molecule has 1 saturated heterocycles. The number of amides is 2. The summed E-state index contributed by atoms with van der Waals surface area (Å²) in [6.07, 6.45) is 2.40. The van der Waals surface area contributed by atoms with Crippen LogP contribution in [0.1, 0.15) is 28.8 Å². The summed E-state index contributed by atoms with van der Waals surface area (Å²) < 4.78 is 41.9. The molecule has 0 atom stereocenters. The van der Waals surface area contributed by atoms with Crippen LogP contribution < -0.4 is 0 Å². The van der Waals surface area contributed by atoms with Gasteiger partial charge in [0, 0.05) is 48.2 Å². The molecule has 0 spiro atoms. The molecule has 1 heterocycles. The summed E-state index contributed by atoms with van der Waals surface area (Å²) in [5.41, 5.74) is 0.202. The number of carbonyl (C=O) groups excluding carboxylic acids is 2. The zero-order valence-corrected chi connectivity index (χ0v) is 18.4. The van der Waals surface area contributed by atoms with Crippen molar-refractivity contribution >= 4 is 27.7 Å². The first kappa shape index (κ1) is 23.1. The van der Waals surface area contributed by atoms with Crippen LogP contribution in [0.5, 0.6) is 0 Å². The zero-order chi connectivity index (χ0) is 22.5. The van der Waals surface area contributed by atoms with Crippen molar-refractivity contribution in [1.29, 1.82) is 0 Å². The third-order valence-corrected chi connectivity index (χ3v) is 5.82. The molecule has 0 unspecified atom stereocenters. The van der Waals surface area contributed by atoms with Gasteiger partial charge in [0.25, 0.3) is 5.91 Å². The molecule has 2 aromatic rings. The number of carbonyl (C=O) groups is 2. The van der Waals surface area contributed by atoms with Gasteiger partial charge in [-0.25, -0.2) is 13.2 Å². The minimum absolute atomic E-state index is 0.107. The fourth-order valence-electron chi connectivity index (χ4n) is 3.68. The molecule has 0 radical (unpaired) electrons. The van der Waals surface area contributed by atoms with Crippen LogP contribution in [0.25, 0.3) is 0 Å². The lowest BCUT2D eigenvalue weighted by atomic mass is 9.94. The third-order valence-electron chi connectivity index (χ3n) is 5.32. The Balaban J connectivity index is 1.65. The van der Waals surface area contributed by atoms with E-state index in [4.69, 9.17) is 0 Å². The zero-order valence-electron chi connectivity index (χ0n) is 16.8. The van der Waals surface area contributed by atoms with Crippen molar-refractivity contribution < 1.29 is 22.8 Å². The lowest BCUT2D eigenvalue weighted by Crippen LogP contribution is -2.44. The molecule has 4 nitrogen and oxygen atoms in total. The molecule has 0 bridgehead atoms. The number of benzene rings is 2. The molecular weight excluding hydrogens is 473 g/mol. The van der Waals surface area contributed by atoms with Gasteiger partial charge < -0.3 is 9.80 Å². The van der Waals surface area contributed by atoms with E-state index in [0.717, 1.165) is 16.6 Å². The largest absolute Gasteiger partial charge is 0.339 e. The lowest BCUT2D eigenvalue weighted by molar-refractivity contribution is -0.137. The molecule has 3 rings (SSSR count). The second-order valence-corrected chi connectivity index (χ2v) is 8.35. The highest BCUT2D eigenvalue weighted by molar-refractivity contribution is 9.10. The Kier molecular flexibility index (Phi) is 7.54. The number of hydrogen-bond acceptors (Lipinski definition) is 2. The fourth-order valence-corrected chi connectivity index (χ4v) is 4.09. The molecule has 164 valence electrons. The smallest absolute Gasteiger partial charge is 0.256 e. The topological polar surface area (TPSA) is 40.6 Å². The molecule has 2 amide bonds. The molecule has 31 heavy (non-hydrogen) atoms. The molecule has 0 N–H and O–H groups in total. The van der Waals surface area contributed by atoms with Crippen molar-refractivity contribution in [3.63, 3.8) is 0 Å². The van der Waals surface area contributed by atoms with Crippen LogP contribution in [0.15, 0.2) is 53.5 Å². The van der Waals surface area contributed by atoms with Gasteiger partial charge in [0.2, 0.25) is 5.91 Å². The van der Waals surface area contributed by atoms with Crippen LogP contribution >= 0.6 is 15.9 Å². The fraction of sp³-hybridized carbons (Fsp3) is 0.304. The molecule has 2 aromatic carbocycles.